The van der Waals surface area contributed by atoms with Gasteiger partial charge in [0.1, 0.15) is 9.88 Å². The molecule has 2 rings (SSSR count). The molecule has 6 heteroatoms. The standard InChI is InChI=1S/C12H16N2O3S/c1-7-11(12(16)17)18-10(13-7)6-9(15)14-8-4-2-3-5-8/h8H,2-6H2,1H3,(H,14,15)(H,16,17). The van der Waals surface area contributed by atoms with E-state index in [9.17, 15) is 9.59 Å². The van der Waals surface area contributed by atoms with Crippen molar-refractivity contribution < 1.29 is 14.7 Å². The van der Waals surface area contributed by atoms with Crippen molar-refractivity contribution >= 4 is 23.2 Å². The van der Waals surface area contributed by atoms with E-state index in [1.54, 1.807) is 6.92 Å². The van der Waals surface area contributed by atoms with Crippen molar-refractivity contribution in [2.75, 3.05) is 0 Å². The van der Waals surface area contributed by atoms with Gasteiger partial charge in [-0.2, -0.15) is 0 Å². The zero-order valence-electron chi connectivity index (χ0n) is 10.2. The number of aromatic carboxylic acids is 1. The van der Waals surface area contributed by atoms with Gasteiger partial charge in [-0.05, 0) is 19.8 Å². The zero-order valence-corrected chi connectivity index (χ0v) is 11.0. The van der Waals surface area contributed by atoms with E-state index >= 15 is 0 Å². The molecule has 1 heterocycles. The quantitative estimate of drug-likeness (QED) is 0.872. The SMILES string of the molecule is Cc1nc(CC(=O)NC2CCCC2)sc1C(=O)O. The Hall–Kier alpha value is -1.43. The molecule has 0 spiro atoms. The number of aromatic nitrogens is 1. The number of rotatable bonds is 4. The smallest absolute Gasteiger partial charge is 0.347 e. The number of thiazole rings is 1. The Morgan fingerprint density at radius 2 is 2.11 bits per heavy atom. The van der Waals surface area contributed by atoms with Crippen LogP contribution >= 0.6 is 11.3 Å². The maximum atomic E-state index is 11.8. The number of carbonyl (C=O) groups excluding carboxylic acids is 1. The van der Waals surface area contributed by atoms with Crippen molar-refractivity contribution in [2.45, 2.75) is 45.1 Å². The highest BCUT2D eigenvalue weighted by Crippen LogP contribution is 2.20. The normalized spacial score (nSPS) is 15.8. The third-order valence-corrected chi connectivity index (χ3v) is 4.21. The van der Waals surface area contributed by atoms with E-state index in [-0.39, 0.29) is 23.2 Å². The summed E-state index contributed by atoms with van der Waals surface area (Å²) in [5.74, 6) is -1.04. The lowest BCUT2D eigenvalue weighted by Crippen LogP contribution is -2.33. The molecule has 0 aromatic carbocycles. The van der Waals surface area contributed by atoms with Crippen molar-refractivity contribution in [3.8, 4) is 0 Å². The molecular formula is C12H16N2O3S. The Kier molecular flexibility index (Phi) is 3.96. The number of aryl methyl sites for hydroxylation is 1. The van der Waals surface area contributed by atoms with Crippen LogP contribution < -0.4 is 5.32 Å². The van der Waals surface area contributed by atoms with Gasteiger partial charge in [-0.15, -0.1) is 11.3 Å². The van der Waals surface area contributed by atoms with Crippen LogP contribution in [0.1, 0.15) is 46.1 Å². The van der Waals surface area contributed by atoms with Gasteiger partial charge in [0.15, 0.2) is 0 Å². The number of nitrogens with zero attached hydrogens (tertiary/aromatic N) is 1. The van der Waals surface area contributed by atoms with Crippen LogP contribution in [0.4, 0.5) is 0 Å². The fourth-order valence-electron chi connectivity index (χ4n) is 2.21. The highest BCUT2D eigenvalue weighted by atomic mass is 32.1. The first-order valence-electron chi connectivity index (χ1n) is 6.05. The summed E-state index contributed by atoms with van der Waals surface area (Å²) < 4.78 is 0. The molecule has 1 saturated carbocycles. The van der Waals surface area contributed by atoms with Crippen molar-refractivity contribution in [1.82, 2.24) is 10.3 Å². The minimum atomic E-state index is -0.979. The number of carbonyl (C=O) groups is 2. The van der Waals surface area contributed by atoms with E-state index in [0.29, 0.717) is 10.7 Å². The molecule has 0 unspecified atom stereocenters. The third kappa shape index (κ3) is 3.07. The molecule has 0 radical (unpaired) electrons. The van der Waals surface area contributed by atoms with Gasteiger partial charge in [0, 0.05) is 6.04 Å². The minimum Gasteiger partial charge on any atom is -0.477 e. The molecule has 5 nitrogen and oxygen atoms in total. The van der Waals surface area contributed by atoms with Gasteiger partial charge < -0.3 is 10.4 Å². The molecular weight excluding hydrogens is 252 g/mol. The van der Waals surface area contributed by atoms with Crippen LogP contribution in [0.2, 0.25) is 0 Å². The van der Waals surface area contributed by atoms with Gasteiger partial charge in [-0.25, -0.2) is 9.78 Å². The molecule has 0 atom stereocenters. The Labute approximate surface area is 109 Å². The van der Waals surface area contributed by atoms with Crippen LogP contribution in [0.15, 0.2) is 0 Å². The van der Waals surface area contributed by atoms with Gasteiger partial charge in [0.05, 0.1) is 12.1 Å². The lowest BCUT2D eigenvalue weighted by molar-refractivity contribution is -0.121. The van der Waals surface area contributed by atoms with Gasteiger partial charge in [0.25, 0.3) is 0 Å². The third-order valence-electron chi connectivity index (χ3n) is 3.07. The van der Waals surface area contributed by atoms with Crippen molar-refractivity contribution in [3.05, 3.63) is 15.6 Å². The molecule has 1 aromatic heterocycles. The van der Waals surface area contributed by atoms with Crippen LogP contribution in [0.3, 0.4) is 0 Å². The van der Waals surface area contributed by atoms with Gasteiger partial charge in [-0.1, -0.05) is 12.8 Å². The van der Waals surface area contributed by atoms with E-state index < -0.39 is 5.97 Å². The van der Waals surface area contributed by atoms with E-state index in [2.05, 4.69) is 10.3 Å². The summed E-state index contributed by atoms with van der Waals surface area (Å²) in [5.41, 5.74) is 0.483. The first kappa shape index (κ1) is 13.0. The number of carboxylic acids is 1. The fourth-order valence-corrected chi connectivity index (χ4v) is 3.11. The highest BCUT2D eigenvalue weighted by Gasteiger charge is 2.19. The maximum absolute atomic E-state index is 11.8. The number of nitrogens with one attached hydrogen (secondary N) is 1. The average Bonchev–Trinajstić information content (AvgIpc) is 2.88. The first-order valence-corrected chi connectivity index (χ1v) is 6.87. The second-order valence-electron chi connectivity index (χ2n) is 4.55. The summed E-state index contributed by atoms with van der Waals surface area (Å²) in [6.45, 7) is 1.65. The number of hydrogen-bond acceptors (Lipinski definition) is 4. The molecule has 1 aromatic rings. The van der Waals surface area contributed by atoms with Crippen LogP contribution in [0, 0.1) is 6.92 Å². The summed E-state index contributed by atoms with van der Waals surface area (Å²) >= 11 is 1.08. The van der Waals surface area contributed by atoms with E-state index in [4.69, 9.17) is 5.11 Å². The van der Waals surface area contributed by atoms with E-state index in [0.717, 1.165) is 24.2 Å². The second-order valence-corrected chi connectivity index (χ2v) is 5.64. The fraction of sp³-hybridized carbons (Fsp3) is 0.583. The summed E-state index contributed by atoms with van der Waals surface area (Å²) in [5, 5.41) is 12.4. The van der Waals surface area contributed by atoms with Crippen molar-refractivity contribution in [1.29, 1.82) is 0 Å². The van der Waals surface area contributed by atoms with E-state index in [1.807, 2.05) is 0 Å². The average molecular weight is 268 g/mol. The van der Waals surface area contributed by atoms with Gasteiger partial charge >= 0.3 is 5.97 Å². The summed E-state index contributed by atoms with van der Waals surface area (Å²) in [6, 6.07) is 0.289. The molecule has 0 saturated heterocycles. The Balaban J connectivity index is 1.94. The largest absolute Gasteiger partial charge is 0.477 e. The summed E-state index contributed by atoms with van der Waals surface area (Å²) in [6.07, 6.45) is 4.61. The van der Waals surface area contributed by atoms with Crippen molar-refractivity contribution in [3.63, 3.8) is 0 Å². The molecule has 0 aliphatic heterocycles. The van der Waals surface area contributed by atoms with Gasteiger partial charge in [-0.3, -0.25) is 4.79 Å². The van der Waals surface area contributed by atoms with Crippen LogP contribution in [-0.2, 0) is 11.2 Å². The number of carboxylic acid groups (broad SMARTS) is 1. The number of hydrogen-bond donors (Lipinski definition) is 2. The monoisotopic (exact) mass is 268 g/mol. The minimum absolute atomic E-state index is 0.0624. The van der Waals surface area contributed by atoms with Gasteiger partial charge in [0.2, 0.25) is 5.91 Å². The second kappa shape index (κ2) is 5.48. The van der Waals surface area contributed by atoms with E-state index in [1.165, 1.54) is 12.8 Å². The topological polar surface area (TPSA) is 79.3 Å². The van der Waals surface area contributed by atoms with Crippen LogP contribution in [0.5, 0.6) is 0 Å². The Morgan fingerprint density at radius 1 is 1.44 bits per heavy atom. The predicted octanol–water partition coefficient (Wildman–Crippen LogP) is 1.75. The summed E-state index contributed by atoms with van der Waals surface area (Å²) in [4.78, 5) is 27.0. The molecule has 0 bridgehead atoms. The van der Waals surface area contributed by atoms with Crippen molar-refractivity contribution in [2.24, 2.45) is 0 Å². The summed E-state index contributed by atoms with van der Waals surface area (Å²) in [7, 11) is 0. The molecule has 1 amide bonds. The lowest BCUT2D eigenvalue weighted by Gasteiger charge is -2.10. The first-order chi connectivity index (χ1) is 8.56. The zero-order chi connectivity index (χ0) is 13.1. The molecule has 1 aliphatic rings. The van der Waals surface area contributed by atoms with Crippen LogP contribution in [-0.4, -0.2) is 28.0 Å². The highest BCUT2D eigenvalue weighted by molar-refractivity contribution is 7.13. The maximum Gasteiger partial charge on any atom is 0.347 e. The number of amides is 1. The lowest BCUT2D eigenvalue weighted by atomic mass is 10.2. The Bertz CT molecular complexity index is 464. The molecule has 1 aliphatic carbocycles. The molecule has 2 N–H and O–H groups in total. The Morgan fingerprint density at radius 3 is 2.67 bits per heavy atom. The molecule has 18 heavy (non-hydrogen) atoms. The predicted molar refractivity (Wildman–Crippen MR) is 67.9 cm³/mol. The molecule has 1 fully saturated rings. The van der Waals surface area contributed by atoms with Crippen LogP contribution in [0.25, 0.3) is 0 Å². The molecule has 98 valence electrons.